The van der Waals surface area contributed by atoms with Crippen molar-refractivity contribution in [3.63, 3.8) is 0 Å². The number of rotatable bonds is 9. The van der Waals surface area contributed by atoms with E-state index in [2.05, 4.69) is 14.8 Å². The number of anilines is 3. The summed E-state index contributed by atoms with van der Waals surface area (Å²) in [4.78, 5) is 12.9. The molecule has 9 nitrogen and oxygen atoms in total. The van der Waals surface area contributed by atoms with E-state index in [-0.39, 0.29) is 26.7 Å². The smallest absolute Gasteiger partial charge is 0.261 e. The van der Waals surface area contributed by atoms with Crippen molar-refractivity contribution in [3.8, 4) is 5.75 Å². The summed E-state index contributed by atoms with van der Waals surface area (Å²) < 4.78 is 74.7. The van der Waals surface area contributed by atoms with Crippen LogP contribution in [-0.4, -0.2) is 29.9 Å². The van der Waals surface area contributed by atoms with Gasteiger partial charge in [-0.05, 0) is 85.3 Å². The molecule has 1 amide bonds. The lowest BCUT2D eigenvalue weighted by Gasteiger charge is -2.15. The number of hydrogen-bond acceptors (Lipinski definition) is 6. The number of ether oxygens (including phenoxy) is 1. The van der Waals surface area contributed by atoms with Gasteiger partial charge in [-0.25, -0.2) is 21.2 Å². The number of hydrogen-bond donors (Lipinski definition) is 3. The molecule has 0 atom stereocenters. The van der Waals surface area contributed by atoms with E-state index in [1.807, 2.05) is 0 Å². The van der Waals surface area contributed by atoms with Crippen LogP contribution in [0.15, 0.2) is 101 Å². The fourth-order valence-corrected chi connectivity index (χ4v) is 5.72. The van der Waals surface area contributed by atoms with E-state index in [1.54, 1.807) is 49.4 Å². The van der Waals surface area contributed by atoms with Crippen molar-refractivity contribution in [2.45, 2.75) is 16.7 Å². The van der Waals surface area contributed by atoms with E-state index in [0.717, 1.165) is 24.3 Å². The molecule has 4 rings (SSSR count). The summed E-state index contributed by atoms with van der Waals surface area (Å²) in [5, 5.41) is 2.66. The number of amides is 1. The molecule has 3 N–H and O–H groups in total. The molecule has 0 spiro atoms. The van der Waals surface area contributed by atoms with Crippen LogP contribution in [0, 0.1) is 12.7 Å². The number of carbonyl (C=O) groups is 1. The van der Waals surface area contributed by atoms with Crippen molar-refractivity contribution in [2.75, 3.05) is 21.9 Å². The Kier molecular flexibility index (Phi) is 7.88. The standard InChI is InChI=1S/C27H24FN3O6S2/c1-18-7-14-23(39(35,36)30-20-10-12-21(37-2)13-11-20)17-26(18)29-27(32)24-5-3-4-6-25(24)31-38(33,34)22-15-8-19(28)9-16-22/h3-17,30-31H,1-2H3,(H,29,32). The maximum absolute atomic E-state index is 13.2. The molecule has 0 saturated carbocycles. The molecule has 39 heavy (non-hydrogen) atoms. The van der Waals surface area contributed by atoms with Gasteiger partial charge in [0.25, 0.3) is 26.0 Å². The van der Waals surface area contributed by atoms with Crippen LogP contribution in [0.2, 0.25) is 0 Å². The van der Waals surface area contributed by atoms with Crippen molar-refractivity contribution < 1.29 is 30.8 Å². The van der Waals surface area contributed by atoms with Crippen LogP contribution in [-0.2, 0) is 20.0 Å². The lowest BCUT2D eigenvalue weighted by Crippen LogP contribution is -2.19. The molecule has 0 unspecified atom stereocenters. The largest absolute Gasteiger partial charge is 0.497 e. The highest BCUT2D eigenvalue weighted by Gasteiger charge is 2.21. The van der Waals surface area contributed by atoms with Crippen LogP contribution in [0.5, 0.6) is 5.75 Å². The van der Waals surface area contributed by atoms with Crippen LogP contribution >= 0.6 is 0 Å². The predicted molar refractivity (Wildman–Crippen MR) is 147 cm³/mol. The predicted octanol–water partition coefficient (Wildman–Crippen LogP) is 5.00. The number of halogens is 1. The maximum Gasteiger partial charge on any atom is 0.261 e. The van der Waals surface area contributed by atoms with Gasteiger partial charge in [0, 0.05) is 11.4 Å². The Bertz CT molecular complexity index is 1720. The van der Waals surface area contributed by atoms with Crippen LogP contribution in [0.3, 0.4) is 0 Å². The Labute approximate surface area is 225 Å². The lowest BCUT2D eigenvalue weighted by atomic mass is 10.1. The molecule has 0 heterocycles. The van der Waals surface area contributed by atoms with Crippen molar-refractivity contribution in [1.29, 1.82) is 0 Å². The Morgan fingerprint density at radius 2 is 1.36 bits per heavy atom. The van der Waals surface area contributed by atoms with Crippen molar-refractivity contribution in [1.82, 2.24) is 0 Å². The molecule has 0 bridgehead atoms. The number of aryl methyl sites for hydroxylation is 1. The van der Waals surface area contributed by atoms with Crippen molar-refractivity contribution in [3.05, 3.63) is 108 Å². The van der Waals surface area contributed by atoms with Crippen LogP contribution < -0.4 is 19.5 Å². The van der Waals surface area contributed by atoms with Gasteiger partial charge in [0.2, 0.25) is 0 Å². The fourth-order valence-electron chi connectivity index (χ4n) is 3.55. The number of benzene rings is 4. The van der Waals surface area contributed by atoms with Gasteiger partial charge in [-0.1, -0.05) is 18.2 Å². The first kappa shape index (κ1) is 27.6. The molecule has 0 aliphatic carbocycles. The quantitative estimate of drug-likeness (QED) is 0.260. The molecule has 0 fully saturated rings. The third-order valence-electron chi connectivity index (χ3n) is 5.65. The molecule has 202 valence electrons. The highest BCUT2D eigenvalue weighted by atomic mass is 32.2. The minimum absolute atomic E-state index is 0.00722. The van der Waals surface area contributed by atoms with Crippen LogP contribution in [0.1, 0.15) is 15.9 Å². The van der Waals surface area contributed by atoms with E-state index >= 15 is 0 Å². The summed E-state index contributed by atoms with van der Waals surface area (Å²) in [6.07, 6.45) is 0. The van der Waals surface area contributed by atoms with Gasteiger partial charge in [0.15, 0.2) is 0 Å². The summed E-state index contributed by atoms with van der Waals surface area (Å²) in [7, 11) is -6.62. The number of nitrogens with one attached hydrogen (secondary N) is 3. The van der Waals surface area contributed by atoms with Gasteiger partial charge in [-0.3, -0.25) is 14.2 Å². The second-order valence-electron chi connectivity index (χ2n) is 8.37. The normalized spacial score (nSPS) is 11.5. The minimum atomic E-state index is -4.12. The first-order chi connectivity index (χ1) is 18.5. The Hall–Kier alpha value is -4.42. The monoisotopic (exact) mass is 569 g/mol. The first-order valence-electron chi connectivity index (χ1n) is 11.4. The van der Waals surface area contributed by atoms with Gasteiger partial charge in [-0.2, -0.15) is 0 Å². The van der Waals surface area contributed by atoms with Gasteiger partial charge < -0.3 is 10.1 Å². The van der Waals surface area contributed by atoms with Crippen LogP contribution in [0.4, 0.5) is 21.5 Å². The zero-order chi connectivity index (χ0) is 28.2. The molecule has 12 heteroatoms. The summed E-state index contributed by atoms with van der Waals surface area (Å²) >= 11 is 0. The van der Waals surface area contributed by atoms with Gasteiger partial charge in [-0.15, -0.1) is 0 Å². The summed E-state index contributed by atoms with van der Waals surface area (Å²) in [6, 6.07) is 20.7. The fraction of sp³-hybridized carbons (Fsp3) is 0.0741. The van der Waals surface area contributed by atoms with Gasteiger partial charge in [0.1, 0.15) is 11.6 Å². The summed E-state index contributed by atoms with van der Waals surface area (Å²) in [5.41, 5.74) is 1.10. The molecule has 0 saturated heterocycles. The van der Waals surface area contributed by atoms with Gasteiger partial charge in [0.05, 0.1) is 28.2 Å². The third-order valence-corrected chi connectivity index (χ3v) is 8.41. The Balaban J connectivity index is 1.57. The van der Waals surface area contributed by atoms with Crippen molar-refractivity contribution in [2.24, 2.45) is 0 Å². The molecule has 4 aromatic carbocycles. The molecule has 0 radical (unpaired) electrons. The Morgan fingerprint density at radius 1 is 0.744 bits per heavy atom. The molecule has 0 aromatic heterocycles. The van der Waals surface area contributed by atoms with E-state index in [0.29, 0.717) is 17.0 Å². The van der Waals surface area contributed by atoms with E-state index < -0.39 is 31.8 Å². The first-order valence-corrected chi connectivity index (χ1v) is 14.4. The highest BCUT2D eigenvalue weighted by Crippen LogP contribution is 2.26. The van der Waals surface area contributed by atoms with Gasteiger partial charge >= 0.3 is 0 Å². The van der Waals surface area contributed by atoms with E-state index in [9.17, 15) is 26.0 Å². The summed E-state index contributed by atoms with van der Waals surface area (Å²) in [6.45, 7) is 1.69. The average molecular weight is 570 g/mol. The average Bonchev–Trinajstić information content (AvgIpc) is 2.90. The topological polar surface area (TPSA) is 131 Å². The SMILES string of the molecule is COc1ccc(NS(=O)(=O)c2ccc(C)c(NC(=O)c3ccccc3NS(=O)(=O)c3ccc(F)cc3)c2)cc1. The Morgan fingerprint density at radius 3 is 2.03 bits per heavy atom. The third kappa shape index (κ3) is 6.54. The van der Waals surface area contributed by atoms with Crippen LogP contribution in [0.25, 0.3) is 0 Å². The minimum Gasteiger partial charge on any atom is -0.497 e. The second-order valence-corrected chi connectivity index (χ2v) is 11.7. The zero-order valence-electron chi connectivity index (χ0n) is 20.8. The number of sulfonamides is 2. The van der Waals surface area contributed by atoms with Crippen molar-refractivity contribution >= 4 is 43.0 Å². The number of methoxy groups -OCH3 is 1. The summed E-state index contributed by atoms with van der Waals surface area (Å²) in [5.74, 6) is -0.695. The molecule has 0 aliphatic heterocycles. The zero-order valence-corrected chi connectivity index (χ0v) is 22.4. The van der Waals surface area contributed by atoms with E-state index in [1.165, 1.54) is 31.4 Å². The molecule has 0 aliphatic rings. The lowest BCUT2D eigenvalue weighted by molar-refractivity contribution is 0.102. The molecule has 4 aromatic rings. The van der Waals surface area contributed by atoms with E-state index in [4.69, 9.17) is 4.74 Å². The second kappa shape index (κ2) is 11.1. The number of para-hydroxylation sites is 1. The molecular formula is C27H24FN3O6S2. The maximum atomic E-state index is 13.2. The molecular weight excluding hydrogens is 545 g/mol. The highest BCUT2D eigenvalue weighted by molar-refractivity contribution is 7.93. The number of carbonyl (C=O) groups excluding carboxylic acids is 1.